The third-order valence-corrected chi connectivity index (χ3v) is 4.58. The highest BCUT2D eigenvalue weighted by molar-refractivity contribution is 7.20. The lowest BCUT2D eigenvalue weighted by Crippen LogP contribution is -1.99. The first-order chi connectivity index (χ1) is 11.6. The van der Waals surface area contributed by atoms with Crippen LogP contribution in [0.4, 0.5) is 11.5 Å². The van der Waals surface area contributed by atoms with Crippen molar-refractivity contribution in [2.24, 2.45) is 0 Å². The van der Waals surface area contributed by atoms with Gasteiger partial charge in [-0.3, -0.25) is 0 Å². The van der Waals surface area contributed by atoms with E-state index in [0.29, 0.717) is 33.0 Å². The number of rotatable bonds is 3. The van der Waals surface area contributed by atoms with Crippen molar-refractivity contribution >= 4 is 33.1 Å². The summed E-state index contributed by atoms with van der Waals surface area (Å²) in [6.07, 6.45) is 0. The predicted molar refractivity (Wildman–Crippen MR) is 94.5 cm³/mol. The molecular formula is C17H13N5OS. The molecule has 0 saturated carbocycles. The van der Waals surface area contributed by atoms with Crippen molar-refractivity contribution in [1.82, 2.24) is 4.98 Å². The van der Waals surface area contributed by atoms with Crippen molar-refractivity contribution < 1.29 is 4.74 Å². The largest absolute Gasteiger partial charge is 0.494 e. The molecule has 118 valence electrons. The van der Waals surface area contributed by atoms with Gasteiger partial charge in [-0.2, -0.15) is 10.5 Å². The Labute approximate surface area is 142 Å². The van der Waals surface area contributed by atoms with Crippen LogP contribution < -0.4 is 16.2 Å². The number of nitrogens with two attached hydrogens (primary N) is 2. The quantitative estimate of drug-likeness (QED) is 0.757. The van der Waals surface area contributed by atoms with E-state index < -0.39 is 0 Å². The van der Waals surface area contributed by atoms with Gasteiger partial charge in [-0.05, 0) is 24.6 Å². The van der Waals surface area contributed by atoms with Crippen molar-refractivity contribution in [3.63, 3.8) is 0 Å². The standard InChI is InChI=1S/C17H13N5OS/c1-2-23-10-5-3-9(4-6-10)13-11(7-18)16(21)22-17-14(13)15(20)12(8-19)24-17/h3-6H,2,20H2,1H3,(H2,21,22). The molecule has 3 rings (SSSR count). The zero-order chi connectivity index (χ0) is 17.3. The molecule has 0 radical (unpaired) electrons. The van der Waals surface area contributed by atoms with Crippen LogP contribution in [0.3, 0.4) is 0 Å². The van der Waals surface area contributed by atoms with Crippen LogP contribution in [-0.2, 0) is 0 Å². The van der Waals surface area contributed by atoms with Gasteiger partial charge in [-0.15, -0.1) is 11.3 Å². The van der Waals surface area contributed by atoms with Crippen molar-refractivity contribution in [3.8, 4) is 29.0 Å². The Bertz CT molecular complexity index is 1010. The summed E-state index contributed by atoms with van der Waals surface area (Å²) in [5.74, 6) is 0.855. The van der Waals surface area contributed by atoms with Gasteiger partial charge in [0.15, 0.2) is 0 Å². The third kappa shape index (κ3) is 2.37. The third-order valence-electron chi connectivity index (χ3n) is 3.57. The molecular weight excluding hydrogens is 322 g/mol. The first kappa shape index (κ1) is 15.6. The molecule has 24 heavy (non-hydrogen) atoms. The molecule has 0 unspecified atom stereocenters. The monoisotopic (exact) mass is 335 g/mol. The van der Waals surface area contributed by atoms with Crippen LogP contribution in [0.15, 0.2) is 24.3 Å². The van der Waals surface area contributed by atoms with Gasteiger partial charge >= 0.3 is 0 Å². The zero-order valence-corrected chi connectivity index (χ0v) is 13.6. The summed E-state index contributed by atoms with van der Waals surface area (Å²) >= 11 is 1.17. The minimum Gasteiger partial charge on any atom is -0.494 e. The molecule has 2 aromatic heterocycles. The van der Waals surface area contributed by atoms with Crippen LogP contribution in [0.5, 0.6) is 5.75 Å². The minimum absolute atomic E-state index is 0.125. The number of aromatic nitrogens is 1. The Balaban J connectivity index is 2.34. The molecule has 0 fully saturated rings. The van der Waals surface area contributed by atoms with E-state index in [4.69, 9.17) is 16.2 Å². The first-order valence-electron chi connectivity index (χ1n) is 7.15. The second-order valence-corrected chi connectivity index (χ2v) is 5.95. The van der Waals surface area contributed by atoms with E-state index in [9.17, 15) is 10.5 Å². The molecule has 2 heterocycles. The Kier molecular flexibility index (Phi) is 3.95. The number of ether oxygens (including phenoxy) is 1. The number of pyridine rings is 1. The molecule has 0 aliphatic rings. The van der Waals surface area contributed by atoms with E-state index in [1.54, 1.807) is 0 Å². The average molecular weight is 335 g/mol. The van der Waals surface area contributed by atoms with E-state index >= 15 is 0 Å². The number of anilines is 2. The summed E-state index contributed by atoms with van der Waals surface area (Å²) in [6, 6.07) is 11.5. The van der Waals surface area contributed by atoms with Gasteiger partial charge < -0.3 is 16.2 Å². The summed E-state index contributed by atoms with van der Waals surface area (Å²) in [7, 11) is 0. The van der Waals surface area contributed by atoms with Crippen LogP contribution in [0.2, 0.25) is 0 Å². The highest BCUT2D eigenvalue weighted by Crippen LogP contribution is 2.42. The second-order valence-electron chi connectivity index (χ2n) is 4.95. The molecule has 0 saturated heterocycles. The lowest BCUT2D eigenvalue weighted by atomic mass is 9.97. The molecule has 6 nitrogen and oxygen atoms in total. The van der Waals surface area contributed by atoms with Crippen molar-refractivity contribution in [3.05, 3.63) is 34.7 Å². The van der Waals surface area contributed by atoms with Gasteiger partial charge in [0.1, 0.15) is 39.0 Å². The van der Waals surface area contributed by atoms with Gasteiger partial charge in [-0.25, -0.2) is 4.98 Å². The number of nitrogens with zero attached hydrogens (tertiary/aromatic N) is 3. The minimum atomic E-state index is 0.125. The molecule has 3 aromatic rings. The molecule has 1 aromatic carbocycles. The number of nitriles is 2. The molecule has 0 amide bonds. The maximum atomic E-state index is 9.52. The van der Waals surface area contributed by atoms with Gasteiger partial charge in [0.25, 0.3) is 0 Å². The summed E-state index contributed by atoms with van der Waals surface area (Å²) < 4.78 is 5.44. The Hall–Kier alpha value is -3.29. The fraction of sp³-hybridized carbons (Fsp3) is 0.118. The summed E-state index contributed by atoms with van der Waals surface area (Å²) in [5, 5.41) is 19.3. The maximum Gasteiger partial charge on any atom is 0.143 e. The number of nitrogen functional groups attached to an aromatic ring is 2. The van der Waals surface area contributed by atoms with Gasteiger partial charge in [-0.1, -0.05) is 12.1 Å². The average Bonchev–Trinajstić information content (AvgIpc) is 2.90. The Morgan fingerprint density at radius 2 is 1.88 bits per heavy atom. The van der Waals surface area contributed by atoms with Crippen molar-refractivity contribution in [2.45, 2.75) is 6.92 Å². The van der Waals surface area contributed by atoms with Gasteiger partial charge in [0.05, 0.1) is 12.3 Å². The van der Waals surface area contributed by atoms with E-state index in [1.165, 1.54) is 11.3 Å². The molecule has 7 heteroatoms. The summed E-state index contributed by atoms with van der Waals surface area (Å²) in [5.41, 5.74) is 14.0. The van der Waals surface area contributed by atoms with E-state index in [1.807, 2.05) is 31.2 Å². The summed E-state index contributed by atoms with van der Waals surface area (Å²) in [4.78, 5) is 5.13. The van der Waals surface area contributed by atoms with Gasteiger partial charge in [0, 0.05) is 10.9 Å². The fourth-order valence-corrected chi connectivity index (χ4v) is 3.45. The fourth-order valence-electron chi connectivity index (χ4n) is 2.54. The van der Waals surface area contributed by atoms with E-state index in [2.05, 4.69) is 17.1 Å². The number of thiophene rings is 1. The van der Waals surface area contributed by atoms with E-state index in [-0.39, 0.29) is 11.4 Å². The van der Waals surface area contributed by atoms with Crippen LogP contribution in [0.1, 0.15) is 17.4 Å². The van der Waals surface area contributed by atoms with Crippen molar-refractivity contribution in [1.29, 1.82) is 10.5 Å². The zero-order valence-electron chi connectivity index (χ0n) is 12.8. The van der Waals surface area contributed by atoms with Crippen LogP contribution in [0.25, 0.3) is 21.3 Å². The van der Waals surface area contributed by atoms with Crippen LogP contribution in [0, 0.1) is 22.7 Å². The number of hydrogen-bond acceptors (Lipinski definition) is 7. The first-order valence-corrected chi connectivity index (χ1v) is 7.97. The predicted octanol–water partition coefficient (Wildman–Crippen LogP) is 3.27. The molecule has 0 aliphatic heterocycles. The molecule has 4 N–H and O–H groups in total. The summed E-state index contributed by atoms with van der Waals surface area (Å²) in [6.45, 7) is 2.47. The second kappa shape index (κ2) is 6.07. The SMILES string of the molecule is CCOc1ccc(-c2c(C#N)c(N)nc3sc(C#N)c(N)c23)cc1. The Morgan fingerprint density at radius 3 is 2.46 bits per heavy atom. The van der Waals surface area contributed by atoms with Crippen molar-refractivity contribution in [2.75, 3.05) is 18.1 Å². The maximum absolute atomic E-state index is 9.52. The molecule has 0 bridgehead atoms. The van der Waals surface area contributed by atoms with Crippen LogP contribution >= 0.6 is 11.3 Å². The highest BCUT2D eigenvalue weighted by Gasteiger charge is 2.21. The lowest BCUT2D eigenvalue weighted by Gasteiger charge is -2.10. The van der Waals surface area contributed by atoms with Gasteiger partial charge in [0.2, 0.25) is 0 Å². The molecule has 0 aliphatic carbocycles. The van der Waals surface area contributed by atoms with E-state index in [0.717, 1.165) is 11.3 Å². The highest BCUT2D eigenvalue weighted by atomic mass is 32.1. The number of benzene rings is 1. The normalized spacial score (nSPS) is 10.3. The Morgan fingerprint density at radius 1 is 1.17 bits per heavy atom. The molecule has 0 atom stereocenters. The van der Waals surface area contributed by atoms with Crippen LogP contribution in [-0.4, -0.2) is 11.6 Å². The number of fused-ring (bicyclic) bond motifs is 1. The topological polar surface area (TPSA) is 122 Å². The lowest BCUT2D eigenvalue weighted by molar-refractivity contribution is 0.340. The molecule has 0 spiro atoms. The number of hydrogen-bond donors (Lipinski definition) is 2. The smallest absolute Gasteiger partial charge is 0.143 e.